The second-order valence-corrected chi connectivity index (χ2v) is 5.77. The van der Waals surface area contributed by atoms with E-state index in [1.807, 2.05) is 17.2 Å². The molecule has 2 aromatic heterocycles. The summed E-state index contributed by atoms with van der Waals surface area (Å²) < 4.78 is 1.76. The average molecular weight is 314 g/mol. The fourth-order valence-corrected chi connectivity index (χ4v) is 2.87. The maximum atomic E-state index is 12.3. The molecule has 1 aliphatic rings. The van der Waals surface area contributed by atoms with Crippen LogP contribution in [0.1, 0.15) is 18.4 Å². The lowest BCUT2D eigenvalue weighted by Gasteiger charge is -2.36. The van der Waals surface area contributed by atoms with Gasteiger partial charge in [0.2, 0.25) is 5.91 Å². The van der Waals surface area contributed by atoms with E-state index in [4.69, 9.17) is 0 Å². The number of rotatable bonds is 5. The number of aryl methyl sites for hydroxylation is 2. The van der Waals surface area contributed by atoms with Gasteiger partial charge in [0.15, 0.2) is 0 Å². The molecule has 0 spiro atoms. The summed E-state index contributed by atoms with van der Waals surface area (Å²) in [5.74, 6) is 1.26. The van der Waals surface area contributed by atoms with Crippen LogP contribution in [0.5, 0.6) is 0 Å². The summed E-state index contributed by atoms with van der Waals surface area (Å²) in [7, 11) is 0. The topological polar surface area (TPSA) is 67.2 Å². The highest BCUT2D eigenvalue weighted by atomic mass is 16.2. The van der Waals surface area contributed by atoms with Crippen molar-refractivity contribution in [1.82, 2.24) is 24.6 Å². The number of amides is 1. The number of nitrogens with zero attached hydrogens (tertiary/aromatic N) is 6. The molecule has 0 bridgehead atoms. The molecule has 7 heteroatoms. The summed E-state index contributed by atoms with van der Waals surface area (Å²) in [6, 6.07) is 4.03. The van der Waals surface area contributed by atoms with Gasteiger partial charge in [-0.05, 0) is 25.0 Å². The molecule has 0 saturated carbocycles. The standard InChI is InChI=1S/C16H22N6O/c1-14-4-2-6-18-16(14)21-10-8-20(9-11-21)15(23)5-3-7-22-13-17-12-19-22/h2,4,6,12-13H,3,5,7-11H2,1H3. The van der Waals surface area contributed by atoms with E-state index in [9.17, 15) is 4.79 Å². The van der Waals surface area contributed by atoms with Crippen molar-refractivity contribution < 1.29 is 4.79 Å². The summed E-state index contributed by atoms with van der Waals surface area (Å²) in [6.07, 6.45) is 6.37. The number of carbonyl (C=O) groups is 1. The van der Waals surface area contributed by atoms with Crippen molar-refractivity contribution in [3.05, 3.63) is 36.5 Å². The van der Waals surface area contributed by atoms with Gasteiger partial charge in [-0.3, -0.25) is 9.48 Å². The van der Waals surface area contributed by atoms with Gasteiger partial charge in [-0.15, -0.1) is 0 Å². The fraction of sp³-hybridized carbons (Fsp3) is 0.500. The quantitative estimate of drug-likeness (QED) is 0.827. The van der Waals surface area contributed by atoms with Crippen molar-refractivity contribution >= 4 is 11.7 Å². The van der Waals surface area contributed by atoms with Crippen molar-refractivity contribution in [3.63, 3.8) is 0 Å². The van der Waals surface area contributed by atoms with Gasteiger partial charge in [-0.25, -0.2) is 9.97 Å². The van der Waals surface area contributed by atoms with E-state index >= 15 is 0 Å². The molecule has 0 aromatic carbocycles. The number of pyridine rings is 1. The van der Waals surface area contributed by atoms with Crippen LogP contribution in [0.2, 0.25) is 0 Å². The largest absolute Gasteiger partial charge is 0.353 e. The third kappa shape index (κ3) is 3.85. The molecule has 3 rings (SSSR count). The molecular weight excluding hydrogens is 292 g/mol. The Morgan fingerprint density at radius 2 is 2.09 bits per heavy atom. The van der Waals surface area contributed by atoms with E-state index in [2.05, 4.69) is 33.0 Å². The summed E-state index contributed by atoms with van der Waals surface area (Å²) in [5.41, 5.74) is 1.18. The monoisotopic (exact) mass is 314 g/mol. The molecular formula is C16H22N6O. The molecule has 1 fully saturated rings. The van der Waals surface area contributed by atoms with E-state index in [0.29, 0.717) is 6.42 Å². The lowest BCUT2D eigenvalue weighted by Crippen LogP contribution is -2.49. The zero-order valence-electron chi connectivity index (χ0n) is 13.4. The van der Waals surface area contributed by atoms with Crippen LogP contribution in [0.25, 0.3) is 0 Å². The molecule has 1 amide bonds. The molecule has 122 valence electrons. The van der Waals surface area contributed by atoms with Crippen LogP contribution in [0.15, 0.2) is 31.0 Å². The van der Waals surface area contributed by atoms with Gasteiger partial charge < -0.3 is 9.80 Å². The van der Waals surface area contributed by atoms with Crippen LogP contribution >= 0.6 is 0 Å². The molecule has 3 heterocycles. The Bertz CT molecular complexity index is 634. The van der Waals surface area contributed by atoms with Crippen LogP contribution in [0.4, 0.5) is 5.82 Å². The lowest BCUT2D eigenvalue weighted by molar-refractivity contribution is -0.131. The van der Waals surface area contributed by atoms with Crippen LogP contribution in [-0.2, 0) is 11.3 Å². The Kier molecular flexibility index (Phi) is 4.85. The van der Waals surface area contributed by atoms with Crippen molar-refractivity contribution in [2.24, 2.45) is 0 Å². The van der Waals surface area contributed by atoms with Crippen molar-refractivity contribution in [2.75, 3.05) is 31.1 Å². The molecule has 1 aliphatic heterocycles. The Labute approximate surface area is 135 Å². The summed E-state index contributed by atoms with van der Waals surface area (Å²) in [4.78, 5) is 24.9. The molecule has 7 nitrogen and oxygen atoms in total. The van der Waals surface area contributed by atoms with Crippen LogP contribution in [0.3, 0.4) is 0 Å². The number of aromatic nitrogens is 4. The van der Waals surface area contributed by atoms with Gasteiger partial charge in [0.05, 0.1) is 0 Å². The van der Waals surface area contributed by atoms with E-state index in [-0.39, 0.29) is 5.91 Å². The van der Waals surface area contributed by atoms with Gasteiger partial charge in [-0.1, -0.05) is 6.07 Å². The predicted octanol–water partition coefficient (Wildman–Crippen LogP) is 1.11. The second kappa shape index (κ2) is 7.21. The fourth-order valence-electron chi connectivity index (χ4n) is 2.87. The number of hydrogen-bond acceptors (Lipinski definition) is 5. The maximum absolute atomic E-state index is 12.3. The first-order valence-electron chi connectivity index (χ1n) is 8.01. The van der Waals surface area contributed by atoms with E-state index in [0.717, 1.165) is 45.0 Å². The third-order valence-corrected chi connectivity index (χ3v) is 4.16. The molecule has 0 radical (unpaired) electrons. The minimum absolute atomic E-state index is 0.225. The van der Waals surface area contributed by atoms with Crippen LogP contribution in [0, 0.1) is 6.92 Å². The zero-order valence-corrected chi connectivity index (χ0v) is 13.4. The van der Waals surface area contributed by atoms with E-state index in [1.54, 1.807) is 11.0 Å². The number of hydrogen-bond donors (Lipinski definition) is 0. The highest BCUT2D eigenvalue weighted by Gasteiger charge is 2.22. The Morgan fingerprint density at radius 3 is 2.78 bits per heavy atom. The maximum Gasteiger partial charge on any atom is 0.222 e. The van der Waals surface area contributed by atoms with E-state index < -0.39 is 0 Å². The molecule has 0 N–H and O–H groups in total. The van der Waals surface area contributed by atoms with E-state index in [1.165, 1.54) is 11.9 Å². The van der Waals surface area contributed by atoms with Crippen molar-refractivity contribution in [1.29, 1.82) is 0 Å². The smallest absolute Gasteiger partial charge is 0.222 e. The first-order valence-corrected chi connectivity index (χ1v) is 8.01. The summed E-state index contributed by atoms with van der Waals surface area (Å²) >= 11 is 0. The van der Waals surface area contributed by atoms with Gasteiger partial charge in [0.25, 0.3) is 0 Å². The number of carbonyl (C=O) groups excluding carboxylic acids is 1. The van der Waals surface area contributed by atoms with Gasteiger partial charge in [0.1, 0.15) is 18.5 Å². The second-order valence-electron chi connectivity index (χ2n) is 5.77. The molecule has 0 atom stereocenters. The lowest BCUT2D eigenvalue weighted by atomic mass is 10.2. The molecule has 2 aromatic rings. The average Bonchev–Trinajstić information content (AvgIpc) is 3.09. The third-order valence-electron chi connectivity index (χ3n) is 4.16. The minimum Gasteiger partial charge on any atom is -0.353 e. The minimum atomic E-state index is 0.225. The van der Waals surface area contributed by atoms with Crippen LogP contribution in [-0.4, -0.2) is 56.7 Å². The SMILES string of the molecule is Cc1cccnc1N1CCN(C(=O)CCCn2cncn2)CC1. The normalized spacial score (nSPS) is 15.0. The van der Waals surface area contributed by atoms with Gasteiger partial charge in [-0.2, -0.15) is 5.10 Å². The Morgan fingerprint density at radius 1 is 1.26 bits per heavy atom. The predicted molar refractivity (Wildman–Crippen MR) is 87.0 cm³/mol. The summed E-state index contributed by atoms with van der Waals surface area (Å²) in [5, 5.41) is 4.04. The molecule has 1 saturated heterocycles. The Hall–Kier alpha value is -2.44. The van der Waals surface area contributed by atoms with Gasteiger partial charge >= 0.3 is 0 Å². The first kappa shape index (κ1) is 15.5. The van der Waals surface area contributed by atoms with Crippen molar-refractivity contribution in [2.45, 2.75) is 26.3 Å². The number of piperazine rings is 1. The van der Waals surface area contributed by atoms with Crippen LogP contribution < -0.4 is 4.90 Å². The Balaban J connectivity index is 1.45. The highest BCUT2D eigenvalue weighted by Crippen LogP contribution is 2.18. The highest BCUT2D eigenvalue weighted by molar-refractivity contribution is 5.76. The first-order chi connectivity index (χ1) is 11.2. The number of anilines is 1. The van der Waals surface area contributed by atoms with Gasteiger partial charge in [0, 0.05) is 45.3 Å². The molecule has 0 aliphatic carbocycles. The molecule has 23 heavy (non-hydrogen) atoms. The van der Waals surface area contributed by atoms with Crippen molar-refractivity contribution in [3.8, 4) is 0 Å². The molecule has 0 unspecified atom stereocenters. The summed E-state index contributed by atoms with van der Waals surface area (Å²) in [6.45, 7) is 6.01. The zero-order chi connectivity index (χ0) is 16.1.